The molecule has 0 amide bonds. The van der Waals surface area contributed by atoms with Crippen LogP contribution in [-0.4, -0.2) is 31.5 Å². The van der Waals surface area contributed by atoms with Crippen LogP contribution in [0.15, 0.2) is 65.7 Å². The average Bonchev–Trinajstić information content (AvgIpc) is 2.79. The predicted octanol–water partition coefficient (Wildman–Crippen LogP) is 4.03. The number of hydrogen-bond donors (Lipinski definition) is 1. The summed E-state index contributed by atoms with van der Waals surface area (Å²) >= 11 is 0. The molecule has 7 nitrogen and oxygen atoms in total. The number of hydrogen-bond acceptors (Lipinski definition) is 7. The summed E-state index contributed by atoms with van der Waals surface area (Å²) in [7, 11) is -3.46. The molecule has 2 aromatic heterocycles. The highest BCUT2D eigenvalue weighted by molar-refractivity contribution is 7.94. The topological polar surface area (TPSA) is 99.0 Å². The molecule has 0 saturated carbocycles. The van der Waals surface area contributed by atoms with Crippen LogP contribution in [0.5, 0.6) is 0 Å². The van der Waals surface area contributed by atoms with Crippen molar-refractivity contribution >= 4 is 37.9 Å². The Balaban J connectivity index is 1.63. The molecule has 8 heteroatoms. The van der Waals surface area contributed by atoms with Gasteiger partial charge in [-0.2, -0.15) is 5.26 Å². The van der Waals surface area contributed by atoms with Gasteiger partial charge < -0.3 is 10.2 Å². The van der Waals surface area contributed by atoms with Crippen molar-refractivity contribution in [2.24, 2.45) is 5.92 Å². The Kier molecular flexibility index (Phi) is 5.38. The minimum atomic E-state index is -3.46. The van der Waals surface area contributed by atoms with Crippen molar-refractivity contribution in [3.8, 4) is 6.07 Å². The van der Waals surface area contributed by atoms with E-state index in [9.17, 15) is 13.7 Å². The second-order valence-electron chi connectivity index (χ2n) is 7.20. The number of benzene rings is 1. The maximum Gasteiger partial charge on any atom is 0.199 e. The Morgan fingerprint density at radius 1 is 1.23 bits per heavy atom. The SMILES string of the molecule is C=CS(=O)(=O)c1ccc(Nc2cc3c(N4CCCC(C#N)C4)nccc3cn2)cc1. The van der Waals surface area contributed by atoms with Crippen LogP contribution in [0.4, 0.5) is 17.3 Å². The number of nitrogens with one attached hydrogen (secondary N) is 1. The number of piperidine rings is 1. The number of rotatable bonds is 5. The summed E-state index contributed by atoms with van der Waals surface area (Å²) in [6.07, 6.45) is 5.43. The summed E-state index contributed by atoms with van der Waals surface area (Å²) in [6.45, 7) is 4.89. The van der Waals surface area contributed by atoms with Gasteiger partial charge in [-0.25, -0.2) is 18.4 Å². The molecule has 1 unspecified atom stereocenters. The average molecular weight is 420 g/mol. The normalized spacial score (nSPS) is 16.8. The fraction of sp³-hybridized carbons (Fsp3) is 0.227. The first kappa shape index (κ1) is 19.9. The summed E-state index contributed by atoms with van der Waals surface area (Å²) in [6, 6.07) is 12.7. The van der Waals surface area contributed by atoms with Gasteiger partial charge in [0.15, 0.2) is 9.84 Å². The van der Waals surface area contributed by atoms with Crippen LogP contribution >= 0.6 is 0 Å². The molecule has 1 saturated heterocycles. The molecule has 0 aliphatic carbocycles. The van der Waals surface area contributed by atoms with E-state index in [1.807, 2.05) is 12.1 Å². The lowest BCUT2D eigenvalue weighted by atomic mass is 9.99. The van der Waals surface area contributed by atoms with E-state index in [-0.39, 0.29) is 10.8 Å². The van der Waals surface area contributed by atoms with Crippen LogP contribution in [0.2, 0.25) is 0 Å². The van der Waals surface area contributed by atoms with Crippen LogP contribution in [0.25, 0.3) is 10.8 Å². The molecule has 0 bridgehead atoms. The Hall–Kier alpha value is -3.44. The third-order valence-electron chi connectivity index (χ3n) is 5.20. The standard InChI is InChI=1S/C22H21N5O2S/c1-2-30(28,29)19-7-5-18(6-8-19)26-21-12-20-17(14-25-21)9-10-24-22(20)27-11-3-4-16(13-23)15-27/h2,5-10,12,14,16H,1,3-4,11,15H2,(H,25,26). The van der Waals surface area contributed by atoms with Crippen LogP contribution in [0.1, 0.15) is 12.8 Å². The second-order valence-corrected chi connectivity index (χ2v) is 9.10. The molecule has 1 aliphatic heterocycles. The summed E-state index contributed by atoms with van der Waals surface area (Å²) < 4.78 is 23.7. The molecule has 4 rings (SSSR count). The minimum absolute atomic E-state index is 0.0144. The van der Waals surface area contributed by atoms with Gasteiger partial charge >= 0.3 is 0 Å². The lowest BCUT2D eigenvalue weighted by Gasteiger charge is -2.31. The number of aromatic nitrogens is 2. The van der Waals surface area contributed by atoms with Crippen molar-refractivity contribution < 1.29 is 8.42 Å². The maximum atomic E-state index is 11.9. The quantitative estimate of drug-likeness (QED) is 0.666. The number of nitrogens with zero attached hydrogens (tertiary/aromatic N) is 4. The van der Waals surface area contributed by atoms with Crippen LogP contribution < -0.4 is 10.2 Å². The lowest BCUT2D eigenvalue weighted by molar-refractivity contribution is 0.492. The summed E-state index contributed by atoms with van der Waals surface area (Å²) in [5.41, 5.74) is 0.720. The van der Waals surface area contributed by atoms with Gasteiger partial charge in [0, 0.05) is 47.4 Å². The Morgan fingerprint density at radius 2 is 2.03 bits per heavy atom. The van der Waals surface area contributed by atoms with Crippen LogP contribution in [0, 0.1) is 17.2 Å². The van der Waals surface area contributed by atoms with Crippen molar-refractivity contribution in [3.63, 3.8) is 0 Å². The van der Waals surface area contributed by atoms with E-state index in [1.54, 1.807) is 24.5 Å². The fourth-order valence-corrected chi connectivity index (χ4v) is 4.33. The molecule has 0 spiro atoms. The summed E-state index contributed by atoms with van der Waals surface area (Å²) in [5.74, 6) is 1.50. The number of nitriles is 1. The molecule has 30 heavy (non-hydrogen) atoms. The molecule has 152 valence electrons. The van der Waals surface area contributed by atoms with Gasteiger partial charge in [-0.05, 0) is 49.2 Å². The summed E-state index contributed by atoms with van der Waals surface area (Å²) in [4.78, 5) is 11.4. The second kappa shape index (κ2) is 8.13. The Labute approximate surface area is 175 Å². The number of pyridine rings is 2. The highest BCUT2D eigenvalue weighted by Gasteiger charge is 2.22. The first-order valence-corrected chi connectivity index (χ1v) is 11.2. The van der Waals surface area contributed by atoms with Gasteiger partial charge in [-0.15, -0.1) is 0 Å². The van der Waals surface area contributed by atoms with Gasteiger partial charge in [0.05, 0.1) is 16.9 Å². The van der Waals surface area contributed by atoms with E-state index in [2.05, 4.69) is 32.8 Å². The third kappa shape index (κ3) is 3.98. The highest BCUT2D eigenvalue weighted by Crippen LogP contribution is 2.30. The molecular weight excluding hydrogens is 398 g/mol. The molecule has 1 aromatic carbocycles. The molecule has 3 heterocycles. The smallest absolute Gasteiger partial charge is 0.199 e. The van der Waals surface area contributed by atoms with E-state index >= 15 is 0 Å². The molecule has 1 aliphatic rings. The zero-order valence-electron chi connectivity index (χ0n) is 16.3. The first-order chi connectivity index (χ1) is 14.5. The molecule has 3 aromatic rings. The molecular formula is C22H21N5O2S. The van der Waals surface area contributed by atoms with Gasteiger partial charge in [0.2, 0.25) is 0 Å². The van der Waals surface area contributed by atoms with Crippen molar-refractivity contribution in [1.29, 1.82) is 5.26 Å². The van der Waals surface area contributed by atoms with E-state index < -0.39 is 9.84 Å². The van der Waals surface area contributed by atoms with Crippen molar-refractivity contribution in [3.05, 3.63) is 60.8 Å². The van der Waals surface area contributed by atoms with Crippen LogP contribution in [-0.2, 0) is 9.84 Å². The number of fused-ring (bicyclic) bond motifs is 1. The van der Waals surface area contributed by atoms with E-state index in [1.165, 1.54) is 12.1 Å². The van der Waals surface area contributed by atoms with Crippen molar-refractivity contribution in [2.75, 3.05) is 23.3 Å². The highest BCUT2D eigenvalue weighted by atomic mass is 32.2. The zero-order chi connectivity index (χ0) is 21.1. The number of sulfone groups is 1. The van der Waals surface area contributed by atoms with Crippen molar-refractivity contribution in [2.45, 2.75) is 17.7 Å². The molecule has 0 radical (unpaired) electrons. The number of anilines is 3. The first-order valence-electron chi connectivity index (χ1n) is 9.64. The zero-order valence-corrected chi connectivity index (χ0v) is 17.1. The lowest BCUT2D eigenvalue weighted by Crippen LogP contribution is -2.35. The minimum Gasteiger partial charge on any atom is -0.355 e. The van der Waals surface area contributed by atoms with Crippen molar-refractivity contribution in [1.82, 2.24) is 9.97 Å². The maximum absolute atomic E-state index is 11.9. The third-order valence-corrected chi connectivity index (χ3v) is 6.57. The largest absolute Gasteiger partial charge is 0.355 e. The predicted molar refractivity (Wildman–Crippen MR) is 117 cm³/mol. The monoisotopic (exact) mass is 419 g/mol. The molecule has 1 fully saturated rings. The van der Waals surface area contributed by atoms with Gasteiger partial charge in [0.25, 0.3) is 0 Å². The molecule has 1 N–H and O–H groups in total. The van der Waals surface area contributed by atoms with E-state index in [0.717, 1.165) is 47.1 Å². The van der Waals surface area contributed by atoms with Gasteiger partial charge in [-0.1, -0.05) is 6.58 Å². The van der Waals surface area contributed by atoms with E-state index in [0.29, 0.717) is 12.4 Å². The Bertz CT molecular complexity index is 1230. The van der Waals surface area contributed by atoms with Crippen LogP contribution in [0.3, 0.4) is 0 Å². The van der Waals surface area contributed by atoms with E-state index in [4.69, 9.17) is 0 Å². The Morgan fingerprint density at radius 3 is 2.77 bits per heavy atom. The van der Waals surface area contributed by atoms with Gasteiger partial charge in [0.1, 0.15) is 11.6 Å². The van der Waals surface area contributed by atoms with Gasteiger partial charge in [-0.3, -0.25) is 0 Å². The molecule has 1 atom stereocenters. The fourth-order valence-electron chi connectivity index (χ4n) is 3.62. The summed E-state index contributed by atoms with van der Waals surface area (Å²) in [5, 5.41) is 15.4.